The minimum absolute atomic E-state index is 0.274. The van der Waals surface area contributed by atoms with E-state index >= 15 is 0 Å². The highest BCUT2D eigenvalue weighted by atomic mass is 35.5. The SMILES string of the molecule is O=C([O-])CCNS(=O)(=O)c1cc(C(=O)[O-])c(Cl)cc1Cl. The number of carboxylic acids is 2. The van der Waals surface area contributed by atoms with Crippen molar-refractivity contribution in [3.8, 4) is 0 Å². The molecule has 0 aliphatic carbocycles. The lowest BCUT2D eigenvalue weighted by Crippen LogP contribution is -2.31. The van der Waals surface area contributed by atoms with Crippen molar-refractivity contribution in [3.63, 3.8) is 0 Å². The van der Waals surface area contributed by atoms with Crippen LogP contribution in [0.1, 0.15) is 16.8 Å². The van der Waals surface area contributed by atoms with E-state index in [0.29, 0.717) is 0 Å². The topological polar surface area (TPSA) is 126 Å². The molecule has 0 unspecified atom stereocenters. The Hall–Kier alpha value is -1.35. The first-order valence-electron chi connectivity index (χ1n) is 5.05. The lowest BCUT2D eigenvalue weighted by molar-refractivity contribution is -0.305. The van der Waals surface area contributed by atoms with Crippen LogP contribution in [0.4, 0.5) is 0 Å². The Bertz CT molecular complexity index is 658. The van der Waals surface area contributed by atoms with Gasteiger partial charge in [-0.15, -0.1) is 0 Å². The van der Waals surface area contributed by atoms with Crippen LogP contribution in [-0.2, 0) is 14.8 Å². The maximum absolute atomic E-state index is 11.9. The van der Waals surface area contributed by atoms with Crippen LogP contribution < -0.4 is 14.9 Å². The molecule has 0 radical (unpaired) electrons. The van der Waals surface area contributed by atoms with Crippen LogP contribution in [0.5, 0.6) is 0 Å². The summed E-state index contributed by atoms with van der Waals surface area (Å²) in [4.78, 5) is 20.4. The molecule has 10 heteroatoms. The number of carbonyl (C=O) groups excluding carboxylic acids is 2. The maximum Gasteiger partial charge on any atom is 0.242 e. The molecular formula is C10H7Cl2NO6S-2. The number of carboxylic acid groups (broad SMARTS) is 2. The minimum atomic E-state index is -4.18. The van der Waals surface area contributed by atoms with Crippen molar-refractivity contribution in [2.75, 3.05) is 6.54 Å². The third-order valence-electron chi connectivity index (χ3n) is 2.15. The van der Waals surface area contributed by atoms with E-state index in [1.165, 1.54) is 0 Å². The minimum Gasteiger partial charge on any atom is -0.550 e. The van der Waals surface area contributed by atoms with Gasteiger partial charge >= 0.3 is 0 Å². The molecule has 110 valence electrons. The summed E-state index contributed by atoms with van der Waals surface area (Å²) in [6, 6.07) is 1.68. The molecule has 0 fully saturated rings. The standard InChI is InChI=1S/C10H9Cl2NO6S/c11-6-4-7(12)8(3-5(6)10(16)17)20(18,19)13-2-1-9(14)15/h3-4,13H,1-2H2,(H,14,15)(H,16,17)/p-2. The molecule has 0 saturated heterocycles. The number of benzene rings is 1. The Kier molecular flexibility index (Phi) is 5.35. The molecule has 0 aliphatic rings. The molecule has 0 atom stereocenters. The van der Waals surface area contributed by atoms with Crippen LogP contribution in [0.15, 0.2) is 17.0 Å². The lowest BCUT2D eigenvalue weighted by atomic mass is 10.2. The maximum atomic E-state index is 11.9. The van der Waals surface area contributed by atoms with Gasteiger partial charge in [0.05, 0.1) is 16.0 Å². The summed E-state index contributed by atoms with van der Waals surface area (Å²) in [5.74, 6) is -3.11. The molecule has 20 heavy (non-hydrogen) atoms. The van der Waals surface area contributed by atoms with Gasteiger partial charge in [0.15, 0.2) is 0 Å². The second-order valence-electron chi connectivity index (χ2n) is 3.57. The average Bonchev–Trinajstić information content (AvgIpc) is 2.26. The fourth-order valence-electron chi connectivity index (χ4n) is 1.26. The third kappa shape index (κ3) is 4.07. The van der Waals surface area contributed by atoms with E-state index in [4.69, 9.17) is 23.2 Å². The summed E-state index contributed by atoms with van der Waals surface area (Å²) in [7, 11) is -4.18. The van der Waals surface area contributed by atoms with Gasteiger partial charge < -0.3 is 19.8 Å². The van der Waals surface area contributed by atoms with Gasteiger partial charge in [-0.2, -0.15) is 0 Å². The van der Waals surface area contributed by atoms with Crippen LogP contribution in [0.3, 0.4) is 0 Å². The van der Waals surface area contributed by atoms with Gasteiger partial charge in [-0.1, -0.05) is 23.2 Å². The number of nitrogens with one attached hydrogen (secondary N) is 1. The van der Waals surface area contributed by atoms with Gasteiger partial charge in [-0.25, -0.2) is 13.1 Å². The quantitative estimate of drug-likeness (QED) is 0.691. The number of halogens is 2. The predicted molar refractivity (Wildman–Crippen MR) is 65.6 cm³/mol. The Morgan fingerprint density at radius 2 is 1.75 bits per heavy atom. The molecule has 0 spiro atoms. The predicted octanol–water partition coefficient (Wildman–Crippen LogP) is -1.22. The first-order chi connectivity index (χ1) is 9.15. The zero-order chi connectivity index (χ0) is 15.5. The van der Waals surface area contributed by atoms with E-state index in [9.17, 15) is 28.2 Å². The van der Waals surface area contributed by atoms with Crippen molar-refractivity contribution in [2.24, 2.45) is 0 Å². The Labute approximate surface area is 124 Å². The third-order valence-corrected chi connectivity index (χ3v) is 4.39. The largest absolute Gasteiger partial charge is 0.550 e. The second kappa shape index (κ2) is 6.40. The fourth-order valence-corrected chi connectivity index (χ4v) is 3.14. The zero-order valence-corrected chi connectivity index (χ0v) is 12.0. The van der Waals surface area contributed by atoms with Crippen LogP contribution in [0, 0.1) is 0 Å². The zero-order valence-electron chi connectivity index (χ0n) is 9.68. The van der Waals surface area contributed by atoms with E-state index in [1.54, 1.807) is 0 Å². The Balaban J connectivity index is 3.14. The number of hydrogen-bond acceptors (Lipinski definition) is 6. The molecule has 1 rings (SSSR count). The second-order valence-corrected chi connectivity index (χ2v) is 6.12. The van der Waals surface area contributed by atoms with Crippen molar-refractivity contribution in [3.05, 3.63) is 27.7 Å². The molecule has 0 saturated carbocycles. The fraction of sp³-hybridized carbons (Fsp3) is 0.200. The molecule has 0 aromatic heterocycles. The van der Waals surface area contributed by atoms with E-state index < -0.39 is 45.4 Å². The van der Waals surface area contributed by atoms with Gasteiger partial charge in [-0.3, -0.25) is 0 Å². The highest BCUT2D eigenvalue weighted by molar-refractivity contribution is 7.89. The highest BCUT2D eigenvalue weighted by Gasteiger charge is 2.20. The summed E-state index contributed by atoms with van der Waals surface area (Å²) >= 11 is 11.3. The van der Waals surface area contributed by atoms with E-state index in [2.05, 4.69) is 0 Å². The monoisotopic (exact) mass is 339 g/mol. The van der Waals surface area contributed by atoms with Gasteiger partial charge in [0.25, 0.3) is 0 Å². The molecule has 0 bridgehead atoms. The summed E-state index contributed by atoms with van der Waals surface area (Å²) in [5, 5.41) is 20.4. The molecule has 1 N–H and O–H groups in total. The van der Waals surface area contributed by atoms with Crippen molar-refractivity contribution in [1.29, 1.82) is 0 Å². The molecule has 1 aromatic rings. The molecule has 0 amide bonds. The number of hydrogen-bond donors (Lipinski definition) is 1. The first kappa shape index (κ1) is 16.7. The van der Waals surface area contributed by atoms with E-state index in [-0.39, 0.29) is 10.0 Å². The van der Waals surface area contributed by atoms with Crippen LogP contribution in [0.25, 0.3) is 0 Å². The smallest absolute Gasteiger partial charge is 0.242 e. The van der Waals surface area contributed by atoms with Crippen molar-refractivity contribution in [1.82, 2.24) is 4.72 Å². The van der Waals surface area contributed by atoms with Gasteiger partial charge in [-0.05, 0) is 12.1 Å². The number of carbonyl (C=O) groups is 2. The number of rotatable bonds is 6. The van der Waals surface area contributed by atoms with Crippen LogP contribution >= 0.6 is 23.2 Å². The normalized spacial score (nSPS) is 11.3. The van der Waals surface area contributed by atoms with Gasteiger partial charge in [0, 0.05) is 24.5 Å². The molecule has 1 aromatic carbocycles. The van der Waals surface area contributed by atoms with Crippen LogP contribution in [-0.4, -0.2) is 26.9 Å². The van der Waals surface area contributed by atoms with Crippen molar-refractivity contribution in [2.45, 2.75) is 11.3 Å². The summed E-state index contributed by atoms with van der Waals surface area (Å²) in [6.07, 6.45) is -0.544. The van der Waals surface area contributed by atoms with E-state index in [1.807, 2.05) is 4.72 Å². The van der Waals surface area contributed by atoms with Crippen molar-refractivity contribution < 1.29 is 28.2 Å². The average molecular weight is 340 g/mol. The molecule has 0 heterocycles. The Morgan fingerprint density at radius 3 is 2.25 bits per heavy atom. The highest BCUT2D eigenvalue weighted by Crippen LogP contribution is 2.28. The lowest BCUT2D eigenvalue weighted by Gasteiger charge is -2.12. The number of aromatic carboxylic acids is 1. The summed E-state index contributed by atoms with van der Waals surface area (Å²) in [6.45, 7) is -0.426. The molecule has 7 nitrogen and oxygen atoms in total. The number of sulfonamides is 1. The molecular weight excluding hydrogens is 333 g/mol. The summed E-state index contributed by atoms with van der Waals surface area (Å²) < 4.78 is 25.7. The van der Waals surface area contributed by atoms with E-state index in [0.717, 1.165) is 12.1 Å². The first-order valence-corrected chi connectivity index (χ1v) is 7.29. The Morgan fingerprint density at radius 1 is 1.15 bits per heavy atom. The number of aliphatic carboxylic acids is 1. The van der Waals surface area contributed by atoms with Crippen molar-refractivity contribution >= 4 is 45.2 Å². The summed E-state index contributed by atoms with van der Waals surface area (Å²) in [5.41, 5.74) is -0.545. The molecule has 0 aliphatic heterocycles. The van der Waals surface area contributed by atoms with Crippen LogP contribution in [0.2, 0.25) is 10.0 Å². The van der Waals surface area contributed by atoms with Gasteiger partial charge in [0.2, 0.25) is 10.0 Å². The van der Waals surface area contributed by atoms with Gasteiger partial charge in [0.1, 0.15) is 4.90 Å².